The second-order valence-electron chi connectivity index (χ2n) is 7.66. The molecule has 2 fully saturated rings. The molecule has 0 aliphatic heterocycles. The molecule has 1 atom stereocenters. The third-order valence-electron chi connectivity index (χ3n) is 5.80. The molecule has 0 saturated heterocycles. The van der Waals surface area contributed by atoms with Crippen molar-refractivity contribution in [3.8, 4) is 0 Å². The van der Waals surface area contributed by atoms with E-state index in [0.29, 0.717) is 12.0 Å². The van der Waals surface area contributed by atoms with Crippen LogP contribution < -0.4 is 0 Å². The van der Waals surface area contributed by atoms with Gasteiger partial charge in [-0.05, 0) is 75.0 Å². The van der Waals surface area contributed by atoms with Crippen LogP contribution in [0.25, 0.3) is 0 Å². The molecular weight excluding hydrogens is 248 g/mol. The number of rotatable bonds is 5. The topological polar surface area (TPSA) is 29.5 Å². The zero-order valence-electron chi connectivity index (χ0n) is 13.7. The van der Waals surface area contributed by atoms with Crippen molar-refractivity contribution in [2.45, 2.75) is 84.3 Å². The molecular formula is C18H34O2. The van der Waals surface area contributed by atoms with Gasteiger partial charge in [0.15, 0.2) is 0 Å². The molecule has 0 aromatic carbocycles. The minimum atomic E-state index is -0.0364. The van der Waals surface area contributed by atoms with Crippen LogP contribution in [0.15, 0.2) is 0 Å². The Labute approximate surface area is 125 Å². The van der Waals surface area contributed by atoms with Crippen LogP contribution in [0.5, 0.6) is 0 Å². The Hall–Kier alpha value is -0.0800. The van der Waals surface area contributed by atoms with Gasteiger partial charge in [-0.25, -0.2) is 0 Å². The van der Waals surface area contributed by atoms with Gasteiger partial charge in [-0.1, -0.05) is 20.8 Å². The molecule has 0 aromatic rings. The molecule has 0 radical (unpaired) electrons. The minimum absolute atomic E-state index is 0.0364. The summed E-state index contributed by atoms with van der Waals surface area (Å²) in [5.41, 5.74) is 0. The third-order valence-corrected chi connectivity index (χ3v) is 5.80. The van der Waals surface area contributed by atoms with Crippen LogP contribution in [0.2, 0.25) is 0 Å². The summed E-state index contributed by atoms with van der Waals surface area (Å²) < 4.78 is 6.19. The highest BCUT2D eigenvalue weighted by molar-refractivity contribution is 4.77. The summed E-state index contributed by atoms with van der Waals surface area (Å²) in [4.78, 5) is 0. The van der Waals surface area contributed by atoms with Crippen LogP contribution in [0.1, 0.15) is 72.1 Å². The first-order chi connectivity index (χ1) is 9.56. The fraction of sp³-hybridized carbons (Fsp3) is 1.00. The van der Waals surface area contributed by atoms with Crippen molar-refractivity contribution < 1.29 is 9.84 Å². The van der Waals surface area contributed by atoms with Crippen molar-refractivity contribution in [3.63, 3.8) is 0 Å². The van der Waals surface area contributed by atoms with Crippen LogP contribution in [0.4, 0.5) is 0 Å². The summed E-state index contributed by atoms with van der Waals surface area (Å²) in [5.74, 6) is 3.19. The molecule has 0 heterocycles. The number of hydrogen-bond acceptors (Lipinski definition) is 2. The van der Waals surface area contributed by atoms with Crippen LogP contribution in [-0.4, -0.2) is 23.9 Å². The number of aliphatic hydroxyl groups is 1. The monoisotopic (exact) mass is 282 g/mol. The Balaban J connectivity index is 1.63. The highest BCUT2D eigenvalue weighted by atomic mass is 16.5. The number of hydrogen-bond donors (Lipinski definition) is 1. The van der Waals surface area contributed by atoms with Crippen molar-refractivity contribution in [1.82, 2.24) is 0 Å². The lowest BCUT2D eigenvalue weighted by Crippen LogP contribution is -2.29. The Bertz CT molecular complexity index is 261. The van der Waals surface area contributed by atoms with Crippen molar-refractivity contribution in [2.24, 2.45) is 23.7 Å². The van der Waals surface area contributed by atoms with Gasteiger partial charge in [-0.15, -0.1) is 0 Å². The Kier molecular flexibility index (Phi) is 6.35. The van der Waals surface area contributed by atoms with E-state index in [0.717, 1.165) is 37.2 Å². The Morgan fingerprint density at radius 1 is 0.850 bits per heavy atom. The van der Waals surface area contributed by atoms with Gasteiger partial charge in [0.25, 0.3) is 0 Å². The maximum atomic E-state index is 9.58. The van der Waals surface area contributed by atoms with E-state index >= 15 is 0 Å². The first kappa shape index (κ1) is 16.3. The molecule has 1 unspecified atom stereocenters. The first-order valence-electron chi connectivity index (χ1n) is 8.86. The van der Waals surface area contributed by atoms with E-state index in [1.165, 1.54) is 38.5 Å². The van der Waals surface area contributed by atoms with E-state index < -0.39 is 0 Å². The molecule has 2 nitrogen and oxygen atoms in total. The van der Waals surface area contributed by atoms with Gasteiger partial charge in [0.05, 0.1) is 12.2 Å². The summed E-state index contributed by atoms with van der Waals surface area (Å²) in [6.45, 7) is 7.97. The van der Waals surface area contributed by atoms with Crippen molar-refractivity contribution in [2.75, 3.05) is 6.61 Å². The lowest BCUT2D eigenvalue weighted by atomic mass is 9.79. The van der Waals surface area contributed by atoms with E-state index in [-0.39, 0.29) is 6.10 Å². The fourth-order valence-corrected chi connectivity index (χ4v) is 4.02. The normalized spacial score (nSPS) is 37.0. The molecule has 20 heavy (non-hydrogen) atoms. The minimum Gasteiger partial charge on any atom is -0.393 e. The van der Waals surface area contributed by atoms with E-state index in [2.05, 4.69) is 20.8 Å². The van der Waals surface area contributed by atoms with Crippen LogP contribution in [0.3, 0.4) is 0 Å². The van der Waals surface area contributed by atoms with Crippen LogP contribution in [0, 0.1) is 23.7 Å². The number of aliphatic hydroxyl groups excluding tert-OH is 1. The molecule has 0 spiro atoms. The highest BCUT2D eigenvalue weighted by Crippen LogP contribution is 2.33. The average molecular weight is 282 g/mol. The van der Waals surface area contributed by atoms with Gasteiger partial charge >= 0.3 is 0 Å². The second-order valence-corrected chi connectivity index (χ2v) is 7.66. The molecule has 2 rings (SSSR count). The van der Waals surface area contributed by atoms with E-state index in [9.17, 15) is 5.11 Å². The first-order valence-corrected chi connectivity index (χ1v) is 8.86. The van der Waals surface area contributed by atoms with E-state index in [1.807, 2.05) is 0 Å². The lowest BCUT2D eigenvalue weighted by molar-refractivity contribution is -0.0190. The standard InChI is InChI=1S/C18H34O2/c1-13(2)15-6-10-18(11-7-15)20-12-14(3)16-4-8-17(19)9-5-16/h13-19H,4-12H2,1-3H3. The number of ether oxygens (including phenoxy) is 1. The summed E-state index contributed by atoms with van der Waals surface area (Å²) in [5, 5.41) is 9.58. The fourth-order valence-electron chi connectivity index (χ4n) is 4.02. The zero-order chi connectivity index (χ0) is 14.5. The van der Waals surface area contributed by atoms with Gasteiger partial charge in [-0.2, -0.15) is 0 Å². The van der Waals surface area contributed by atoms with Crippen LogP contribution in [-0.2, 0) is 4.74 Å². The summed E-state index contributed by atoms with van der Waals surface area (Å²) in [6.07, 6.45) is 10.1. The maximum Gasteiger partial charge on any atom is 0.0575 e. The predicted molar refractivity (Wildman–Crippen MR) is 83.7 cm³/mol. The van der Waals surface area contributed by atoms with Gasteiger partial charge in [0.2, 0.25) is 0 Å². The lowest BCUT2D eigenvalue weighted by Gasteiger charge is -2.33. The van der Waals surface area contributed by atoms with E-state index in [1.54, 1.807) is 0 Å². The van der Waals surface area contributed by atoms with Crippen molar-refractivity contribution in [3.05, 3.63) is 0 Å². The quantitative estimate of drug-likeness (QED) is 0.809. The highest BCUT2D eigenvalue weighted by Gasteiger charge is 2.27. The molecule has 0 aromatic heterocycles. The van der Waals surface area contributed by atoms with Gasteiger partial charge in [0, 0.05) is 6.61 Å². The van der Waals surface area contributed by atoms with Crippen LogP contribution >= 0.6 is 0 Å². The third kappa shape index (κ3) is 4.73. The molecule has 1 N–H and O–H groups in total. The maximum absolute atomic E-state index is 9.58. The summed E-state index contributed by atoms with van der Waals surface area (Å²) in [7, 11) is 0. The SMILES string of the molecule is CC(C)C1CCC(OCC(C)C2CCC(O)CC2)CC1. The molecule has 2 saturated carbocycles. The average Bonchev–Trinajstić information content (AvgIpc) is 2.46. The molecule has 118 valence electrons. The second kappa shape index (κ2) is 7.79. The van der Waals surface area contributed by atoms with Gasteiger partial charge in [0.1, 0.15) is 0 Å². The molecule has 0 amide bonds. The van der Waals surface area contributed by atoms with Gasteiger partial charge in [-0.3, -0.25) is 0 Å². The van der Waals surface area contributed by atoms with E-state index in [4.69, 9.17) is 4.74 Å². The Morgan fingerprint density at radius 3 is 1.95 bits per heavy atom. The van der Waals surface area contributed by atoms with Crippen molar-refractivity contribution >= 4 is 0 Å². The predicted octanol–water partition coefficient (Wildman–Crippen LogP) is 4.41. The van der Waals surface area contributed by atoms with Gasteiger partial charge < -0.3 is 9.84 Å². The zero-order valence-corrected chi connectivity index (χ0v) is 13.7. The molecule has 2 aliphatic carbocycles. The molecule has 0 bridgehead atoms. The molecule has 2 heteroatoms. The summed E-state index contributed by atoms with van der Waals surface area (Å²) >= 11 is 0. The largest absolute Gasteiger partial charge is 0.393 e. The smallest absolute Gasteiger partial charge is 0.0575 e. The molecule has 2 aliphatic rings. The van der Waals surface area contributed by atoms with Crippen molar-refractivity contribution in [1.29, 1.82) is 0 Å². The summed E-state index contributed by atoms with van der Waals surface area (Å²) in [6, 6.07) is 0. The Morgan fingerprint density at radius 2 is 1.40 bits per heavy atom.